The third-order valence-electron chi connectivity index (χ3n) is 3.99. The Balaban J connectivity index is 1.80. The van der Waals surface area contributed by atoms with Gasteiger partial charge in [-0.25, -0.2) is 0 Å². The highest BCUT2D eigenvalue weighted by atomic mass is 15.2. The van der Waals surface area contributed by atoms with E-state index in [1.165, 1.54) is 45.3 Å². The van der Waals surface area contributed by atoms with Crippen LogP contribution in [-0.4, -0.2) is 36.6 Å². The van der Waals surface area contributed by atoms with Gasteiger partial charge in [-0.3, -0.25) is 4.90 Å². The molecule has 2 fully saturated rings. The van der Waals surface area contributed by atoms with Crippen LogP contribution in [0.2, 0.25) is 0 Å². The lowest BCUT2D eigenvalue weighted by Crippen LogP contribution is -2.56. The van der Waals surface area contributed by atoms with E-state index in [1.54, 1.807) is 0 Å². The van der Waals surface area contributed by atoms with Gasteiger partial charge in [-0.1, -0.05) is 26.7 Å². The highest BCUT2D eigenvalue weighted by Gasteiger charge is 2.28. The summed E-state index contributed by atoms with van der Waals surface area (Å²) in [5.41, 5.74) is 0. The van der Waals surface area contributed by atoms with Gasteiger partial charge in [0, 0.05) is 25.2 Å². The standard InChI is InChI=1S/C14H28N2/c1-11(2)8-14-9-15-12(3)10-16(14)7-6-13-4-5-13/h11-15H,4-10H2,1-3H3. The molecule has 0 radical (unpaired) electrons. The van der Waals surface area contributed by atoms with Crippen molar-refractivity contribution in [2.24, 2.45) is 11.8 Å². The van der Waals surface area contributed by atoms with Gasteiger partial charge in [0.15, 0.2) is 0 Å². The minimum Gasteiger partial charge on any atom is -0.311 e. The largest absolute Gasteiger partial charge is 0.311 e. The number of hydrogen-bond donors (Lipinski definition) is 1. The van der Waals surface area contributed by atoms with Gasteiger partial charge < -0.3 is 5.32 Å². The molecule has 1 N–H and O–H groups in total. The lowest BCUT2D eigenvalue weighted by molar-refractivity contribution is 0.115. The molecule has 0 aromatic rings. The number of hydrogen-bond acceptors (Lipinski definition) is 2. The molecule has 1 saturated heterocycles. The SMILES string of the molecule is CC(C)CC1CNC(C)CN1CCC1CC1. The maximum Gasteiger partial charge on any atom is 0.0223 e. The van der Waals surface area contributed by atoms with Crippen LogP contribution in [0.25, 0.3) is 0 Å². The molecule has 2 heteroatoms. The van der Waals surface area contributed by atoms with Crippen LogP contribution < -0.4 is 5.32 Å². The Morgan fingerprint density at radius 3 is 2.69 bits per heavy atom. The summed E-state index contributed by atoms with van der Waals surface area (Å²) in [6.07, 6.45) is 5.79. The first-order valence-electron chi connectivity index (χ1n) is 7.12. The van der Waals surface area contributed by atoms with Crippen LogP contribution in [0.5, 0.6) is 0 Å². The summed E-state index contributed by atoms with van der Waals surface area (Å²) in [5, 5.41) is 3.63. The fraction of sp³-hybridized carbons (Fsp3) is 1.00. The van der Waals surface area contributed by atoms with Gasteiger partial charge >= 0.3 is 0 Å². The Morgan fingerprint density at radius 1 is 1.31 bits per heavy atom. The van der Waals surface area contributed by atoms with Gasteiger partial charge in [0.1, 0.15) is 0 Å². The van der Waals surface area contributed by atoms with E-state index in [0.29, 0.717) is 6.04 Å². The minimum atomic E-state index is 0.683. The first-order valence-corrected chi connectivity index (χ1v) is 7.12. The zero-order valence-corrected chi connectivity index (χ0v) is 11.2. The van der Waals surface area contributed by atoms with Crippen LogP contribution in [0.1, 0.15) is 46.5 Å². The molecular weight excluding hydrogens is 196 g/mol. The third kappa shape index (κ3) is 3.74. The van der Waals surface area contributed by atoms with E-state index in [9.17, 15) is 0 Å². The van der Waals surface area contributed by atoms with Gasteiger partial charge in [-0.2, -0.15) is 0 Å². The van der Waals surface area contributed by atoms with Crippen molar-refractivity contribution in [2.45, 2.75) is 58.5 Å². The number of piperazine rings is 1. The molecule has 2 rings (SSSR count). The molecule has 0 aromatic carbocycles. The zero-order chi connectivity index (χ0) is 11.5. The summed E-state index contributed by atoms with van der Waals surface area (Å²) in [7, 11) is 0. The zero-order valence-electron chi connectivity index (χ0n) is 11.2. The van der Waals surface area contributed by atoms with Crippen molar-refractivity contribution < 1.29 is 0 Å². The summed E-state index contributed by atoms with van der Waals surface area (Å²) >= 11 is 0. The summed E-state index contributed by atoms with van der Waals surface area (Å²) in [4.78, 5) is 2.75. The van der Waals surface area contributed by atoms with E-state index in [2.05, 4.69) is 31.0 Å². The van der Waals surface area contributed by atoms with Crippen LogP contribution in [0, 0.1) is 11.8 Å². The lowest BCUT2D eigenvalue weighted by Gasteiger charge is -2.40. The first-order chi connectivity index (χ1) is 7.65. The average molecular weight is 224 g/mol. The monoisotopic (exact) mass is 224 g/mol. The van der Waals surface area contributed by atoms with Gasteiger partial charge in [-0.05, 0) is 38.1 Å². The van der Waals surface area contributed by atoms with E-state index < -0.39 is 0 Å². The fourth-order valence-corrected chi connectivity index (χ4v) is 2.84. The van der Waals surface area contributed by atoms with E-state index in [1.807, 2.05) is 0 Å². The van der Waals surface area contributed by atoms with Crippen LogP contribution in [-0.2, 0) is 0 Å². The predicted molar refractivity (Wildman–Crippen MR) is 69.6 cm³/mol. The summed E-state index contributed by atoms with van der Waals surface area (Å²) in [6, 6.07) is 1.47. The molecule has 2 aliphatic rings. The quantitative estimate of drug-likeness (QED) is 0.772. The lowest BCUT2D eigenvalue weighted by atomic mass is 9.99. The molecular formula is C14H28N2. The summed E-state index contributed by atoms with van der Waals surface area (Å²) in [5.74, 6) is 1.90. The molecule has 0 amide bonds. The van der Waals surface area contributed by atoms with Gasteiger partial charge in [0.05, 0.1) is 0 Å². The second kappa shape index (κ2) is 5.50. The molecule has 1 aliphatic carbocycles. The van der Waals surface area contributed by atoms with Crippen molar-refractivity contribution in [2.75, 3.05) is 19.6 Å². The van der Waals surface area contributed by atoms with E-state index in [0.717, 1.165) is 17.9 Å². The molecule has 0 bridgehead atoms. The third-order valence-corrected chi connectivity index (χ3v) is 3.99. The number of rotatable bonds is 5. The maximum atomic E-state index is 3.63. The molecule has 0 aromatic heterocycles. The molecule has 94 valence electrons. The topological polar surface area (TPSA) is 15.3 Å². The highest BCUT2D eigenvalue weighted by Crippen LogP contribution is 2.33. The van der Waals surface area contributed by atoms with E-state index >= 15 is 0 Å². The Morgan fingerprint density at radius 2 is 2.06 bits per heavy atom. The maximum absolute atomic E-state index is 3.63. The van der Waals surface area contributed by atoms with Gasteiger partial charge in [0.25, 0.3) is 0 Å². The molecule has 0 spiro atoms. The molecule has 2 atom stereocenters. The normalized spacial score (nSPS) is 32.2. The van der Waals surface area contributed by atoms with Crippen molar-refractivity contribution in [3.8, 4) is 0 Å². The predicted octanol–water partition coefficient (Wildman–Crippen LogP) is 2.49. The van der Waals surface area contributed by atoms with Crippen molar-refractivity contribution in [3.63, 3.8) is 0 Å². The van der Waals surface area contributed by atoms with Crippen LogP contribution in [0.15, 0.2) is 0 Å². The Bertz CT molecular complexity index is 211. The average Bonchev–Trinajstić information content (AvgIpc) is 3.01. The molecule has 1 heterocycles. The van der Waals surface area contributed by atoms with Crippen molar-refractivity contribution in [3.05, 3.63) is 0 Å². The van der Waals surface area contributed by atoms with Crippen molar-refractivity contribution >= 4 is 0 Å². The second-order valence-electron chi connectivity index (χ2n) is 6.32. The van der Waals surface area contributed by atoms with Crippen molar-refractivity contribution in [1.29, 1.82) is 0 Å². The highest BCUT2D eigenvalue weighted by molar-refractivity contribution is 4.86. The first kappa shape index (κ1) is 12.4. The molecule has 1 saturated carbocycles. The number of nitrogens with one attached hydrogen (secondary N) is 1. The minimum absolute atomic E-state index is 0.683. The van der Waals surface area contributed by atoms with Crippen molar-refractivity contribution in [1.82, 2.24) is 10.2 Å². The molecule has 2 unspecified atom stereocenters. The number of nitrogens with zero attached hydrogens (tertiary/aromatic N) is 1. The van der Waals surface area contributed by atoms with E-state index in [-0.39, 0.29) is 0 Å². The molecule has 2 nitrogen and oxygen atoms in total. The molecule has 1 aliphatic heterocycles. The smallest absolute Gasteiger partial charge is 0.0223 e. The van der Waals surface area contributed by atoms with E-state index in [4.69, 9.17) is 0 Å². The summed E-state index contributed by atoms with van der Waals surface area (Å²) in [6.45, 7) is 10.8. The summed E-state index contributed by atoms with van der Waals surface area (Å²) < 4.78 is 0. The molecule has 16 heavy (non-hydrogen) atoms. The van der Waals surface area contributed by atoms with Crippen LogP contribution >= 0.6 is 0 Å². The second-order valence-corrected chi connectivity index (χ2v) is 6.32. The fourth-order valence-electron chi connectivity index (χ4n) is 2.84. The Labute approximate surface area is 101 Å². The Kier molecular flexibility index (Phi) is 4.26. The van der Waals surface area contributed by atoms with Crippen LogP contribution in [0.3, 0.4) is 0 Å². The van der Waals surface area contributed by atoms with Crippen LogP contribution in [0.4, 0.5) is 0 Å². The van der Waals surface area contributed by atoms with Gasteiger partial charge in [0.2, 0.25) is 0 Å². The Hall–Kier alpha value is -0.0800. The van der Waals surface area contributed by atoms with Gasteiger partial charge in [-0.15, -0.1) is 0 Å².